The number of benzene rings is 1. The van der Waals surface area contributed by atoms with Gasteiger partial charge in [0.25, 0.3) is 0 Å². The quantitative estimate of drug-likeness (QED) is 0.526. The molecular weight excluding hydrogens is 374 g/mol. The first-order valence-corrected chi connectivity index (χ1v) is 10.1. The summed E-state index contributed by atoms with van der Waals surface area (Å²) in [5, 5.41) is 14.5. The van der Waals surface area contributed by atoms with E-state index in [-0.39, 0.29) is 0 Å². The second-order valence-electron chi connectivity index (χ2n) is 7.71. The fraction of sp³-hybridized carbons (Fsp3) is 0.261. The minimum atomic E-state index is 0.362. The Hall–Kier alpha value is -3.79. The predicted molar refractivity (Wildman–Crippen MR) is 115 cm³/mol. The predicted octanol–water partition coefficient (Wildman–Crippen LogP) is 3.68. The molecule has 1 saturated heterocycles. The zero-order chi connectivity index (χ0) is 20.5. The monoisotopic (exact) mass is 395 g/mol. The van der Waals surface area contributed by atoms with Crippen LogP contribution in [0, 0.1) is 11.3 Å². The summed E-state index contributed by atoms with van der Waals surface area (Å²) in [5.41, 5.74) is 4.88. The van der Waals surface area contributed by atoms with Crippen molar-refractivity contribution < 1.29 is 0 Å². The molecule has 1 aliphatic heterocycles. The van der Waals surface area contributed by atoms with Crippen molar-refractivity contribution in [2.45, 2.75) is 18.8 Å². The lowest BCUT2D eigenvalue weighted by molar-refractivity contribution is 0.502. The Labute approximate surface area is 174 Å². The van der Waals surface area contributed by atoms with Gasteiger partial charge >= 0.3 is 0 Å². The second-order valence-corrected chi connectivity index (χ2v) is 7.71. The molecule has 0 atom stereocenters. The van der Waals surface area contributed by atoms with E-state index in [4.69, 9.17) is 5.26 Å². The molecule has 4 heterocycles. The van der Waals surface area contributed by atoms with Crippen molar-refractivity contribution in [1.29, 1.82) is 5.26 Å². The standard InChI is InChI=1S/C23H21N7/c1-29-15-20(12-27-29)19-9-18-8-17(2-3-22(18)26-11-19)16-4-6-30(7-5-16)23-14-25-13-21(10-24)28-23/h2-3,8-9,11-16H,4-7H2,1H3. The molecule has 0 unspecified atom stereocenters. The van der Waals surface area contributed by atoms with E-state index in [0.29, 0.717) is 11.6 Å². The Kier molecular flexibility index (Phi) is 4.60. The lowest BCUT2D eigenvalue weighted by Crippen LogP contribution is -2.33. The number of nitriles is 1. The second kappa shape index (κ2) is 7.56. The average molecular weight is 395 g/mol. The van der Waals surface area contributed by atoms with Gasteiger partial charge in [-0.3, -0.25) is 14.6 Å². The van der Waals surface area contributed by atoms with E-state index in [9.17, 15) is 0 Å². The summed E-state index contributed by atoms with van der Waals surface area (Å²) in [6.45, 7) is 1.81. The maximum Gasteiger partial charge on any atom is 0.161 e. The Bertz CT molecular complexity index is 1250. The highest BCUT2D eigenvalue weighted by Gasteiger charge is 2.22. The molecule has 0 bridgehead atoms. The lowest BCUT2D eigenvalue weighted by atomic mass is 9.88. The number of pyridine rings is 1. The number of hydrogen-bond donors (Lipinski definition) is 0. The summed E-state index contributed by atoms with van der Waals surface area (Å²) < 4.78 is 1.81. The molecule has 0 aliphatic carbocycles. The summed E-state index contributed by atoms with van der Waals surface area (Å²) in [4.78, 5) is 15.4. The van der Waals surface area contributed by atoms with Crippen molar-refractivity contribution in [2.24, 2.45) is 7.05 Å². The molecule has 0 radical (unpaired) electrons. The fourth-order valence-electron chi connectivity index (χ4n) is 4.14. The van der Waals surface area contributed by atoms with Crippen LogP contribution in [0.2, 0.25) is 0 Å². The average Bonchev–Trinajstić information content (AvgIpc) is 3.25. The third-order valence-corrected chi connectivity index (χ3v) is 5.77. The van der Waals surface area contributed by atoms with E-state index in [0.717, 1.165) is 53.8 Å². The summed E-state index contributed by atoms with van der Waals surface area (Å²) >= 11 is 0. The van der Waals surface area contributed by atoms with Crippen LogP contribution in [0.1, 0.15) is 30.0 Å². The van der Waals surface area contributed by atoms with Gasteiger partial charge in [-0.25, -0.2) is 4.98 Å². The van der Waals surface area contributed by atoms with E-state index in [1.165, 1.54) is 11.8 Å². The highest BCUT2D eigenvalue weighted by atomic mass is 15.2. The summed E-state index contributed by atoms with van der Waals surface area (Å²) in [5.74, 6) is 1.29. The molecule has 0 amide bonds. The molecule has 1 aliphatic rings. The zero-order valence-corrected chi connectivity index (χ0v) is 16.7. The summed E-state index contributed by atoms with van der Waals surface area (Å²) in [7, 11) is 1.92. The number of rotatable bonds is 3. The van der Waals surface area contributed by atoms with E-state index >= 15 is 0 Å². The van der Waals surface area contributed by atoms with Crippen LogP contribution in [-0.2, 0) is 7.05 Å². The normalized spacial score (nSPS) is 14.7. The molecule has 0 spiro atoms. The molecule has 3 aromatic heterocycles. The topological polar surface area (TPSA) is 83.5 Å². The van der Waals surface area contributed by atoms with Crippen LogP contribution < -0.4 is 4.90 Å². The van der Waals surface area contributed by atoms with Gasteiger partial charge in [0.1, 0.15) is 11.9 Å². The number of hydrogen-bond acceptors (Lipinski definition) is 6. The maximum absolute atomic E-state index is 9.05. The zero-order valence-electron chi connectivity index (χ0n) is 16.7. The molecule has 1 aromatic carbocycles. The van der Waals surface area contributed by atoms with Crippen molar-refractivity contribution in [1.82, 2.24) is 24.7 Å². The van der Waals surface area contributed by atoms with Gasteiger partial charge in [-0.15, -0.1) is 0 Å². The van der Waals surface area contributed by atoms with Gasteiger partial charge in [0.15, 0.2) is 5.69 Å². The highest BCUT2D eigenvalue weighted by Crippen LogP contribution is 2.32. The Morgan fingerprint density at radius 1 is 1.03 bits per heavy atom. The van der Waals surface area contributed by atoms with Crippen molar-refractivity contribution in [3.05, 3.63) is 66.5 Å². The smallest absolute Gasteiger partial charge is 0.161 e. The Morgan fingerprint density at radius 3 is 2.67 bits per heavy atom. The first kappa shape index (κ1) is 18.3. The van der Waals surface area contributed by atoms with E-state index < -0.39 is 0 Å². The minimum absolute atomic E-state index is 0.362. The number of piperidine rings is 1. The molecule has 5 rings (SSSR count). The van der Waals surface area contributed by atoms with Gasteiger partial charge in [0, 0.05) is 49.0 Å². The first-order chi connectivity index (χ1) is 14.7. The summed E-state index contributed by atoms with van der Waals surface area (Å²) in [6, 6.07) is 10.9. The van der Waals surface area contributed by atoms with Crippen LogP contribution in [0.5, 0.6) is 0 Å². The van der Waals surface area contributed by atoms with Gasteiger partial charge in [-0.2, -0.15) is 10.4 Å². The van der Waals surface area contributed by atoms with E-state index in [1.807, 2.05) is 25.6 Å². The van der Waals surface area contributed by atoms with Crippen LogP contribution in [-0.4, -0.2) is 37.8 Å². The number of nitrogens with zero attached hydrogens (tertiary/aromatic N) is 7. The van der Waals surface area contributed by atoms with Crippen molar-refractivity contribution in [2.75, 3.05) is 18.0 Å². The highest BCUT2D eigenvalue weighted by molar-refractivity contribution is 5.84. The molecule has 0 N–H and O–H groups in total. The SMILES string of the molecule is Cn1cc(-c2cnc3ccc(C4CCN(c5cncc(C#N)n5)CC4)cc3c2)cn1. The number of anilines is 1. The Morgan fingerprint density at radius 2 is 1.90 bits per heavy atom. The van der Waals surface area contributed by atoms with Crippen LogP contribution in [0.3, 0.4) is 0 Å². The first-order valence-electron chi connectivity index (χ1n) is 10.1. The molecule has 1 fully saturated rings. The van der Waals surface area contributed by atoms with Crippen LogP contribution >= 0.6 is 0 Å². The van der Waals surface area contributed by atoms with Crippen LogP contribution in [0.4, 0.5) is 5.82 Å². The molecule has 148 valence electrons. The molecule has 4 aromatic rings. The third-order valence-electron chi connectivity index (χ3n) is 5.77. The number of fused-ring (bicyclic) bond motifs is 1. The molecule has 0 saturated carbocycles. The summed E-state index contributed by atoms with van der Waals surface area (Å²) in [6.07, 6.45) is 11.1. The number of aryl methyl sites for hydroxylation is 1. The van der Waals surface area contributed by atoms with E-state index in [2.05, 4.69) is 55.3 Å². The van der Waals surface area contributed by atoms with Gasteiger partial charge < -0.3 is 4.90 Å². The van der Waals surface area contributed by atoms with Gasteiger partial charge in [-0.1, -0.05) is 6.07 Å². The van der Waals surface area contributed by atoms with Crippen LogP contribution in [0.15, 0.2) is 55.2 Å². The third kappa shape index (κ3) is 3.48. The van der Waals surface area contributed by atoms with Crippen molar-refractivity contribution in [3.8, 4) is 17.2 Å². The van der Waals surface area contributed by atoms with Gasteiger partial charge in [-0.05, 0) is 42.5 Å². The van der Waals surface area contributed by atoms with Crippen LogP contribution in [0.25, 0.3) is 22.0 Å². The van der Waals surface area contributed by atoms with E-state index in [1.54, 1.807) is 10.9 Å². The van der Waals surface area contributed by atoms with Gasteiger partial charge in [0.2, 0.25) is 0 Å². The minimum Gasteiger partial charge on any atom is -0.355 e. The maximum atomic E-state index is 9.05. The molecular formula is C23H21N7. The molecule has 30 heavy (non-hydrogen) atoms. The van der Waals surface area contributed by atoms with Crippen molar-refractivity contribution >= 4 is 16.7 Å². The molecule has 7 heteroatoms. The molecule has 7 nitrogen and oxygen atoms in total. The Balaban J connectivity index is 1.35. The fourth-order valence-corrected chi connectivity index (χ4v) is 4.14. The van der Waals surface area contributed by atoms with Crippen molar-refractivity contribution in [3.63, 3.8) is 0 Å². The largest absolute Gasteiger partial charge is 0.355 e. The lowest BCUT2D eigenvalue weighted by Gasteiger charge is -2.33. The number of aromatic nitrogens is 5. The van der Waals surface area contributed by atoms with Gasteiger partial charge in [0.05, 0.1) is 24.1 Å².